The average molecular weight is 472 g/mol. The lowest BCUT2D eigenvalue weighted by molar-refractivity contribution is -0.376. The van der Waals surface area contributed by atoms with E-state index in [2.05, 4.69) is 9.68 Å². The second kappa shape index (κ2) is 7.28. The van der Waals surface area contributed by atoms with Crippen LogP contribution in [0.1, 0.15) is 5.56 Å². The molecule has 0 atom stereocenters. The zero-order valence-corrected chi connectivity index (χ0v) is 16.0. The number of nitrogens with zero attached hydrogens (tertiary/aromatic N) is 1. The first-order valence-electron chi connectivity index (χ1n) is 7.75. The summed E-state index contributed by atoms with van der Waals surface area (Å²) in [4.78, 5) is 0.458. The van der Waals surface area contributed by atoms with Crippen molar-refractivity contribution in [3.63, 3.8) is 0 Å². The molecule has 2 aromatic heterocycles. The van der Waals surface area contributed by atoms with E-state index in [1.807, 2.05) is 4.72 Å². The summed E-state index contributed by atoms with van der Waals surface area (Å²) in [6.07, 6.45) is -10.8. The number of halogens is 6. The monoisotopic (exact) mass is 472 g/mol. The third-order valence-corrected chi connectivity index (χ3v) is 6.89. The lowest BCUT2D eigenvalue weighted by Gasteiger charge is -2.32. The molecule has 3 rings (SSSR count). The number of sulfonamides is 1. The Labute approximate surface area is 168 Å². The number of alkyl halides is 6. The van der Waals surface area contributed by atoms with Gasteiger partial charge in [-0.3, -0.25) is 4.72 Å². The van der Waals surface area contributed by atoms with Crippen molar-refractivity contribution in [3.8, 4) is 10.6 Å². The van der Waals surface area contributed by atoms with E-state index in [1.165, 1.54) is 24.5 Å². The van der Waals surface area contributed by atoms with E-state index >= 15 is 0 Å². The molecule has 0 unspecified atom stereocenters. The highest BCUT2D eigenvalue weighted by Crippen LogP contribution is 2.50. The molecule has 2 N–H and O–H groups in total. The van der Waals surface area contributed by atoms with E-state index in [1.54, 1.807) is 0 Å². The predicted octanol–water partition coefficient (Wildman–Crippen LogP) is 4.52. The summed E-state index contributed by atoms with van der Waals surface area (Å²) >= 11 is 0.820. The third kappa shape index (κ3) is 3.89. The van der Waals surface area contributed by atoms with Crippen LogP contribution >= 0.6 is 11.3 Å². The summed E-state index contributed by atoms with van der Waals surface area (Å²) in [5, 5.41) is 13.0. The van der Waals surface area contributed by atoms with Gasteiger partial charge in [0, 0.05) is 17.3 Å². The Morgan fingerprint density at radius 3 is 2.03 bits per heavy atom. The number of hydrogen-bond donors (Lipinski definition) is 2. The van der Waals surface area contributed by atoms with Crippen molar-refractivity contribution in [2.75, 3.05) is 4.72 Å². The maximum atomic E-state index is 12.9. The molecular formula is C16H10F6N2O4S2. The standard InChI is InChI=1S/C16H10F6N2O4S2/c17-15(18,19)14(25,16(20,21)22)9-1-3-10(4-2-9)24-30(26,27)13-6-5-12(29-13)11-7-8-28-23-11/h1-8,24-25H. The predicted molar refractivity (Wildman–Crippen MR) is 93.1 cm³/mol. The van der Waals surface area contributed by atoms with E-state index in [9.17, 15) is 39.9 Å². The Morgan fingerprint density at radius 1 is 0.933 bits per heavy atom. The lowest BCUT2D eigenvalue weighted by atomic mass is 9.92. The smallest absolute Gasteiger partial charge is 0.369 e. The summed E-state index contributed by atoms with van der Waals surface area (Å²) in [5.74, 6) is 0. The van der Waals surface area contributed by atoms with Crippen LogP contribution in [0.4, 0.5) is 32.0 Å². The van der Waals surface area contributed by atoms with Crippen molar-refractivity contribution in [2.45, 2.75) is 22.2 Å². The van der Waals surface area contributed by atoms with E-state index < -0.39 is 33.5 Å². The second-order valence-electron chi connectivity index (χ2n) is 5.89. The van der Waals surface area contributed by atoms with Crippen molar-refractivity contribution in [1.29, 1.82) is 0 Å². The first-order chi connectivity index (χ1) is 13.8. The molecule has 0 bridgehead atoms. The molecule has 0 aliphatic heterocycles. The Morgan fingerprint density at radius 2 is 1.53 bits per heavy atom. The van der Waals surface area contributed by atoms with E-state index in [0.29, 0.717) is 34.8 Å². The fraction of sp³-hybridized carbons (Fsp3) is 0.188. The van der Waals surface area contributed by atoms with Gasteiger partial charge in [0.1, 0.15) is 16.2 Å². The Bertz CT molecular complexity index is 1110. The molecule has 0 fully saturated rings. The molecule has 0 saturated carbocycles. The van der Waals surface area contributed by atoms with Gasteiger partial charge in [0.15, 0.2) is 0 Å². The summed E-state index contributed by atoms with van der Waals surface area (Å²) in [6.45, 7) is 0. The molecule has 14 heteroatoms. The molecule has 0 spiro atoms. The van der Waals surface area contributed by atoms with E-state index in [0.717, 1.165) is 11.3 Å². The number of aromatic nitrogens is 1. The molecular weight excluding hydrogens is 462 g/mol. The van der Waals surface area contributed by atoms with Crippen LogP contribution in [0.5, 0.6) is 0 Å². The van der Waals surface area contributed by atoms with Gasteiger partial charge in [0.05, 0.1) is 4.88 Å². The third-order valence-electron chi connectivity index (χ3n) is 3.91. The summed E-state index contributed by atoms with van der Waals surface area (Å²) in [7, 11) is -4.19. The Balaban J connectivity index is 1.86. The minimum Gasteiger partial charge on any atom is -0.369 e. The summed E-state index contributed by atoms with van der Waals surface area (Å²) < 4.78 is 109. The Hall–Kier alpha value is -2.58. The summed E-state index contributed by atoms with van der Waals surface area (Å²) in [6, 6.07) is 6.24. The van der Waals surface area contributed by atoms with E-state index in [4.69, 9.17) is 0 Å². The van der Waals surface area contributed by atoms with Crippen molar-refractivity contribution in [1.82, 2.24) is 5.16 Å². The SMILES string of the molecule is O=S(=O)(Nc1ccc(C(O)(C(F)(F)F)C(F)(F)F)cc1)c1ccc(-c2ccon2)s1. The minimum atomic E-state index is -6.04. The molecule has 162 valence electrons. The van der Waals surface area contributed by atoms with Crippen LogP contribution in [0.3, 0.4) is 0 Å². The highest BCUT2D eigenvalue weighted by Gasteiger charge is 2.71. The number of benzene rings is 1. The second-order valence-corrected chi connectivity index (χ2v) is 8.89. The topological polar surface area (TPSA) is 92.4 Å². The number of hydrogen-bond acceptors (Lipinski definition) is 6. The van der Waals surface area contributed by atoms with Gasteiger partial charge in [-0.1, -0.05) is 17.3 Å². The number of nitrogens with one attached hydrogen (secondary N) is 1. The van der Waals surface area contributed by atoms with Gasteiger partial charge in [0.2, 0.25) is 0 Å². The maximum absolute atomic E-state index is 12.9. The van der Waals surface area contributed by atoms with Crippen LogP contribution in [0, 0.1) is 0 Å². The van der Waals surface area contributed by atoms with Crippen LogP contribution in [-0.4, -0.2) is 31.0 Å². The first-order valence-corrected chi connectivity index (χ1v) is 10.1. The van der Waals surface area contributed by atoms with Gasteiger partial charge in [-0.15, -0.1) is 11.3 Å². The van der Waals surface area contributed by atoms with Crippen LogP contribution in [-0.2, 0) is 15.6 Å². The van der Waals surface area contributed by atoms with Gasteiger partial charge in [-0.2, -0.15) is 26.3 Å². The van der Waals surface area contributed by atoms with Gasteiger partial charge in [-0.05, 0) is 24.3 Å². The van der Waals surface area contributed by atoms with Crippen LogP contribution in [0.15, 0.2) is 57.5 Å². The van der Waals surface area contributed by atoms with Gasteiger partial charge < -0.3 is 9.63 Å². The van der Waals surface area contributed by atoms with Crippen LogP contribution in [0.2, 0.25) is 0 Å². The fourth-order valence-electron chi connectivity index (χ4n) is 2.41. The molecule has 2 heterocycles. The molecule has 0 saturated heterocycles. The zero-order valence-electron chi connectivity index (χ0n) is 14.3. The fourth-order valence-corrected chi connectivity index (χ4v) is 4.74. The van der Waals surface area contributed by atoms with E-state index in [-0.39, 0.29) is 9.90 Å². The normalized spacial score (nSPS) is 13.4. The summed E-state index contributed by atoms with van der Waals surface area (Å²) in [5.41, 5.74) is -6.53. The van der Waals surface area contributed by atoms with Crippen molar-refractivity contribution >= 4 is 27.0 Å². The average Bonchev–Trinajstić information content (AvgIpc) is 3.31. The molecule has 0 amide bonds. The molecule has 6 nitrogen and oxygen atoms in total. The molecule has 1 aromatic carbocycles. The molecule has 30 heavy (non-hydrogen) atoms. The van der Waals surface area contributed by atoms with Gasteiger partial charge >= 0.3 is 12.4 Å². The van der Waals surface area contributed by atoms with Crippen molar-refractivity contribution in [2.24, 2.45) is 0 Å². The minimum absolute atomic E-state index is 0.174. The molecule has 0 aliphatic carbocycles. The largest absolute Gasteiger partial charge is 0.430 e. The van der Waals surface area contributed by atoms with Crippen LogP contribution < -0.4 is 4.72 Å². The number of rotatable bonds is 5. The number of thiophene rings is 1. The lowest BCUT2D eigenvalue weighted by Crippen LogP contribution is -2.53. The number of anilines is 1. The molecule has 3 aromatic rings. The first kappa shape index (κ1) is 22.1. The number of aliphatic hydroxyl groups is 1. The zero-order chi connectivity index (χ0) is 22.4. The quantitative estimate of drug-likeness (QED) is 0.533. The van der Waals surface area contributed by atoms with Crippen molar-refractivity contribution < 1.29 is 44.4 Å². The highest BCUT2D eigenvalue weighted by molar-refractivity contribution is 7.94. The van der Waals surface area contributed by atoms with Gasteiger partial charge in [0.25, 0.3) is 15.6 Å². The van der Waals surface area contributed by atoms with Crippen LogP contribution in [0.25, 0.3) is 10.6 Å². The maximum Gasteiger partial charge on any atom is 0.430 e. The molecule has 0 radical (unpaired) electrons. The Kier molecular flexibility index (Phi) is 5.37. The highest BCUT2D eigenvalue weighted by atomic mass is 32.2. The molecule has 0 aliphatic rings. The van der Waals surface area contributed by atoms with Crippen molar-refractivity contribution in [3.05, 3.63) is 54.3 Å². The van der Waals surface area contributed by atoms with Gasteiger partial charge in [-0.25, -0.2) is 8.42 Å².